The molecule has 1 amide bonds. The molecule has 0 spiro atoms. The predicted octanol–water partition coefficient (Wildman–Crippen LogP) is 1.56. The van der Waals surface area contributed by atoms with Gasteiger partial charge >= 0.3 is 11.1 Å². The zero-order chi connectivity index (χ0) is 21.5. The summed E-state index contributed by atoms with van der Waals surface area (Å²) in [5, 5.41) is 4.57. The van der Waals surface area contributed by atoms with E-state index in [9.17, 15) is 14.4 Å². The van der Waals surface area contributed by atoms with Crippen molar-refractivity contribution in [1.29, 1.82) is 0 Å². The number of aryl methyl sites for hydroxylation is 1. The van der Waals surface area contributed by atoms with E-state index in [1.807, 2.05) is 66.4 Å². The number of hydrogen-bond acceptors (Lipinski definition) is 4. The second-order valence-electron chi connectivity index (χ2n) is 8.49. The van der Waals surface area contributed by atoms with Gasteiger partial charge in [0.2, 0.25) is 5.91 Å². The lowest BCUT2D eigenvalue weighted by atomic mass is 10.00. The highest BCUT2D eigenvalue weighted by atomic mass is 16.2. The van der Waals surface area contributed by atoms with Crippen LogP contribution >= 0.6 is 0 Å². The highest BCUT2D eigenvalue weighted by Crippen LogP contribution is 2.37. The van der Waals surface area contributed by atoms with E-state index in [1.165, 1.54) is 9.25 Å². The maximum atomic E-state index is 12.9. The summed E-state index contributed by atoms with van der Waals surface area (Å²) in [6.45, 7) is 3.84. The first-order valence-electron chi connectivity index (χ1n) is 10.6. The second kappa shape index (κ2) is 7.65. The Labute approximate surface area is 179 Å². The first-order valence-corrected chi connectivity index (χ1v) is 10.6. The molecule has 31 heavy (non-hydrogen) atoms. The van der Waals surface area contributed by atoms with Crippen LogP contribution in [0, 0.1) is 12.8 Å². The van der Waals surface area contributed by atoms with Crippen molar-refractivity contribution in [2.75, 3.05) is 13.1 Å². The van der Waals surface area contributed by atoms with Crippen LogP contribution in [0.5, 0.6) is 0 Å². The largest absolute Gasteiger partial charge is 0.341 e. The summed E-state index contributed by atoms with van der Waals surface area (Å²) in [6.07, 6.45) is 0.375. The first-order chi connectivity index (χ1) is 15.0. The standard InChI is InChI=1S/C24H24N4O3/c1-16-7-5-6-10-18(16)11-21(29)26-13-19-14-27-22(20(19)15-26)25-28(24(31)23(27)30)12-17-8-3-2-4-9-17/h2-10,19-20H,11-15H2,1H3/t19-,20-/m1/s1. The molecule has 7 heteroatoms. The van der Waals surface area contributed by atoms with Crippen molar-refractivity contribution in [3.8, 4) is 0 Å². The van der Waals surface area contributed by atoms with Crippen molar-refractivity contribution in [1.82, 2.24) is 19.2 Å². The molecule has 1 aromatic heterocycles. The van der Waals surface area contributed by atoms with Crippen molar-refractivity contribution < 1.29 is 4.79 Å². The van der Waals surface area contributed by atoms with E-state index < -0.39 is 11.1 Å². The Hall–Kier alpha value is -3.48. The van der Waals surface area contributed by atoms with Crippen molar-refractivity contribution in [3.63, 3.8) is 0 Å². The van der Waals surface area contributed by atoms with E-state index in [2.05, 4.69) is 5.10 Å². The fourth-order valence-electron chi connectivity index (χ4n) is 4.74. The summed E-state index contributed by atoms with van der Waals surface area (Å²) in [4.78, 5) is 40.1. The minimum Gasteiger partial charge on any atom is -0.341 e. The van der Waals surface area contributed by atoms with Gasteiger partial charge < -0.3 is 4.90 Å². The fourth-order valence-corrected chi connectivity index (χ4v) is 4.74. The van der Waals surface area contributed by atoms with Crippen LogP contribution < -0.4 is 11.1 Å². The van der Waals surface area contributed by atoms with Crippen LogP contribution in [0.3, 0.4) is 0 Å². The SMILES string of the molecule is Cc1ccccc1CC(=O)N1C[C@@H]2Cn3c(nn(Cc4ccccc4)c(=O)c3=O)[C@@H]2C1. The Kier molecular flexibility index (Phi) is 4.81. The Balaban J connectivity index is 1.39. The molecule has 0 unspecified atom stereocenters. The van der Waals surface area contributed by atoms with Gasteiger partial charge in [-0.1, -0.05) is 54.6 Å². The molecule has 7 nitrogen and oxygen atoms in total. The Morgan fingerprint density at radius 1 is 0.968 bits per heavy atom. The zero-order valence-electron chi connectivity index (χ0n) is 17.4. The van der Waals surface area contributed by atoms with E-state index in [0.717, 1.165) is 16.7 Å². The summed E-state index contributed by atoms with van der Waals surface area (Å²) in [7, 11) is 0. The summed E-state index contributed by atoms with van der Waals surface area (Å²) in [5.74, 6) is 0.816. The molecule has 2 aliphatic heterocycles. The van der Waals surface area contributed by atoms with Crippen LogP contribution in [-0.4, -0.2) is 38.2 Å². The number of hydrogen-bond donors (Lipinski definition) is 0. The third-order valence-corrected chi connectivity index (χ3v) is 6.48. The molecule has 2 aliphatic rings. The third-order valence-electron chi connectivity index (χ3n) is 6.48. The normalized spacial score (nSPS) is 19.3. The number of likely N-dealkylation sites (tertiary alicyclic amines) is 1. The molecule has 1 fully saturated rings. The van der Waals surface area contributed by atoms with Crippen LogP contribution in [-0.2, 0) is 24.3 Å². The summed E-state index contributed by atoms with van der Waals surface area (Å²) >= 11 is 0. The molecule has 3 heterocycles. The number of rotatable bonds is 4. The van der Waals surface area contributed by atoms with E-state index >= 15 is 0 Å². The van der Waals surface area contributed by atoms with Gasteiger partial charge in [-0.2, -0.15) is 5.10 Å². The van der Waals surface area contributed by atoms with Gasteiger partial charge in [0, 0.05) is 31.5 Å². The van der Waals surface area contributed by atoms with E-state index in [-0.39, 0.29) is 24.3 Å². The Morgan fingerprint density at radius 3 is 2.48 bits per heavy atom. The molecule has 0 radical (unpaired) electrons. The summed E-state index contributed by atoms with van der Waals surface area (Å²) in [6, 6.07) is 17.4. The van der Waals surface area contributed by atoms with Crippen LogP contribution in [0.25, 0.3) is 0 Å². The number of nitrogens with zero attached hydrogens (tertiary/aromatic N) is 4. The monoisotopic (exact) mass is 416 g/mol. The molecule has 0 N–H and O–H groups in total. The number of amides is 1. The second-order valence-corrected chi connectivity index (χ2v) is 8.49. The van der Waals surface area contributed by atoms with Crippen LogP contribution in [0.4, 0.5) is 0 Å². The van der Waals surface area contributed by atoms with Crippen molar-refractivity contribution in [3.05, 3.63) is 97.8 Å². The van der Waals surface area contributed by atoms with Gasteiger partial charge in [0.1, 0.15) is 5.82 Å². The van der Waals surface area contributed by atoms with Crippen LogP contribution in [0.15, 0.2) is 64.2 Å². The van der Waals surface area contributed by atoms with Gasteiger partial charge in [0.25, 0.3) is 0 Å². The highest BCUT2D eigenvalue weighted by Gasteiger charge is 2.44. The maximum Gasteiger partial charge on any atom is 0.332 e. The zero-order valence-corrected chi connectivity index (χ0v) is 17.4. The summed E-state index contributed by atoms with van der Waals surface area (Å²) in [5.41, 5.74) is 1.94. The van der Waals surface area contributed by atoms with Gasteiger partial charge in [-0.05, 0) is 23.6 Å². The average Bonchev–Trinajstić information content (AvgIpc) is 3.33. The minimum absolute atomic E-state index is 0.0175. The smallest absolute Gasteiger partial charge is 0.332 e. The van der Waals surface area contributed by atoms with Crippen LogP contribution in [0.1, 0.15) is 28.4 Å². The Bertz CT molecular complexity index is 1260. The topological polar surface area (TPSA) is 77.2 Å². The van der Waals surface area contributed by atoms with Crippen molar-refractivity contribution in [2.45, 2.75) is 32.4 Å². The maximum absolute atomic E-state index is 12.9. The molecule has 2 atom stereocenters. The number of benzene rings is 2. The van der Waals surface area contributed by atoms with Crippen molar-refractivity contribution >= 4 is 5.91 Å². The molecule has 5 rings (SSSR count). The molecular formula is C24H24N4O3. The van der Waals surface area contributed by atoms with Gasteiger partial charge in [-0.15, -0.1) is 0 Å². The van der Waals surface area contributed by atoms with Gasteiger partial charge in [-0.25, -0.2) is 4.68 Å². The number of aromatic nitrogens is 3. The molecule has 158 valence electrons. The number of carbonyl (C=O) groups excluding carboxylic acids is 1. The fraction of sp³-hybridized carbons (Fsp3) is 0.333. The quantitative estimate of drug-likeness (QED) is 0.605. The number of carbonyl (C=O) groups is 1. The minimum atomic E-state index is -0.597. The van der Waals surface area contributed by atoms with E-state index in [4.69, 9.17) is 0 Å². The van der Waals surface area contributed by atoms with Crippen LogP contribution in [0.2, 0.25) is 0 Å². The van der Waals surface area contributed by atoms with E-state index in [0.29, 0.717) is 31.9 Å². The molecule has 0 saturated carbocycles. The highest BCUT2D eigenvalue weighted by molar-refractivity contribution is 5.79. The van der Waals surface area contributed by atoms with Gasteiger partial charge in [0.05, 0.1) is 13.0 Å². The molecule has 0 aliphatic carbocycles. The summed E-state index contributed by atoms with van der Waals surface area (Å²) < 4.78 is 2.78. The van der Waals surface area contributed by atoms with E-state index in [1.54, 1.807) is 0 Å². The van der Waals surface area contributed by atoms with Gasteiger partial charge in [-0.3, -0.25) is 19.0 Å². The molecular weight excluding hydrogens is 392 g/mol. The lowest BCUT2D eigenvalue weighted by Gasteiger charge is -2.19. The Morgan fingerprint density at radius 2 is 1.71 bits per heavy atom. The number of fused-ring (bicyclic) bond motifs is 3. The molecule has 1 saturated heterocycles. The lowest BCUT2D eigenvalue weighted by molar-refractivity contribution is -0.129. The molecule has 0 bridgehead atoms. The first kappa shape index (κ1) is 19.5. The molecule has 2 aromatic carbocycles. The average molecular weight is 416 g/mol. The lowest BCUT2D eigenvalue weighted by Crippen LogP contribution is -2.44. The predicted molar refractivity (Wildman–Crippen MR) is 116 cm³/mol. The molecule has 3 aromatic rings. The van der Waals surface area contributed by atoms with Gasteiger partial charge in [0.15, 0.2) is 0 Å². The van der Waals surface area contributed by atoms with Crippen molar-refractivity contribution in [2.24, 2.45) is 5.92 Å². The third kappa shape index (κ3) is 3.50.